The third kappa shape index (κ3) is 4.96. The monoisotopic (exact) mass is 422 g/mol. The Morgan fingerprint density at radius 1 is 1.28 bits per heavy atom. The summed E-state index contributed by atoms with van der Waals surface area (Å²) in [5.41, 5.74) is 1.22. The van der Waals surface area contributed by atoms with Gasteiger partial charge < -0.3 is 10.6 Å². The molecule has 1 unspecified atom stereocenters. The smallest absolute Gasteiger partial charge is 0.319 e. The van der Waals surface area contributed by atoms with Crippen molar-refractivity contribution in [2.75, 3.05) is 18.4 Å². The largest absolute Gasteiger partial charge is 0.334 e. The van der Waals surface area contributed by atoms with Gasteiger partial charge in [-0.05, 0) is 35.9 Å². The number of halogens is 2. The Bertz CT molecular complexity index is 974. The molecule has 2 aromatic rings. The van der Waals surface area contributed by atoms with E-state index in [1.165, 1.54) is 24.3 Å². The quantitative estimate of drug-likeness (QED) is 0.670. The van der Waals surface area contributed by atoms with Crippen LogP contribution in [0.4, 0.5) is 19.3 Å². The van der Waals surface area contributed by atoms with Gasteiger partial charge in [0.15, 0.2) is 9.84 Å². The second-order valence-electron chi connectivity index (χ2n) is 6.63. The zero-order valence-corrected chi connectivity index (χ0v) is 16.2. The number of rotatable bonds is 7. The number of benzene rings is 1. The van der Waals surface area contributed by atoms with E-state index < -0.39 is 40.3 Å². The van der Waals surface area contributed by atoms with Gasteiger partial charge >= 0.3 is 6.03 Å². The number of hydrogen-bond acceptors (Lipinski definition) is 5. The average molecular weight is 422 g/mol. The molecule has 154 valence electrons. The van der Waals surface area contributed by atoms with Crippen LogP contribution in [0.25, 0.3) is 0 Å². The topological polar surface area (TPSA) is 91.4 Å². The maximum atomic E-state index is 13.1. The first kappa shape index (κ1) is 20.9. The number of nitrogens with zero attached hydrogens (tertiary/aromatic N) is 2. The number of pyridine rings is 1. The molecule has 1 saturated heterocycles. The number of likely N-dealkylation sites (tertiary alicyclic amines) is 1. The van der Waals surface area contributed by atoms with Crippen LogP contribution in [0.1, 0.15) is 5.56 Å². The summed E-state index contributed by atoms with van der Waals surface area (Å²) >= 11 is 0. The van der Waals surface area contributed by atoms with Crippen molar-refractivity contribution in [3.63, 3.8) is 0 Å². The van der Waals surface area contributed by atoms with E-state index in [-0.39, 0.29) is 11.4 Å². The summed E-state index contributed by atoms with van der Waals surface area (Å²) in [6, 6.07) is 8.61. The molecule has 2 amide bonds. The molecular formula is C19H20F2N4O3S. The Morgan fingerprint density at radius 3 is 2.52 bits per heavy atom. The highest BCUT2D eigenvalue weighted by Crippen LogP contribution is 2.32. The highest BCUT2D eigenvalue weighted by molar-refractivity contribution is 7.92. The van der Waals surface area contributed by atoms with Crippen molar-refractivity contribution in [2.45, 2.75) is 22.7 Å². The second kappa shape index (κ2) is 8.26. The van der Waals surface area contributed by atoms with Crippen LogP contribution in [0.5, 0.6) is 0 Å². The van der Waals surface area contributed by atoms with E-state index in [0.717, 1.165) is 16.5 Å². The molecule has 0 bridgehead atoms. The predicted molar refractivity (Wildman–Crippen MR) is 104 cm³/mol. The second-order valence-corrected chi connectivity index (χ2v) is 8.67. The predicted octanol–water partition coefficient (Wildman–Crippen LogP) is 2.64. The lowest BCUT2D eigenvalue weighted by Gasteiger charge is -2.42. The number of anilines is 1. The van der Waals surface area contributed by atoms with E-state index >= 15 is 0 Å². The van der Waals surface area contributed by atoms with Crippen molar-refractivity contribution in [1.82, 2.24) is 15.2 Å². The molecule has 1 fully saturated rings. The van der Waals surface area contributed by atoms with E-state index in [1.54, 1.807) is 18.5 Å². The minimum Gasteiger partial charge on any atom is -0.334 e. The summed E-state index contributed by atoms with van der Waals surface area (Å²) in [6.07, 6.45) is 4.40. The lowest BCUT2D eigenvalue weighted by atomic mass is 10.1. The van der Waals surface area contributed by atoms with Gasteiger partial charge in [0, 0.05) is 24.6 Å². The molecule has 0 saturated carbocycles. The molecule has 0 radical (unpaired) electrons. The summed E-state index contributed by atoms with van der Waals surface area (Å²) in [5.74, 6) is -2.88. The van der Waals surface area contributed by atoms with Crippen LogP contribution in [0, 0.1) is 0 Å². The van der Waals surface area contributed by atoms with Gasteiger partial charge in [0.2, 0.25) is 0 Å². The fraction of sp³-hybridized carbons (Fsp3) is 0.263. The van der Waals surface area contributed by atoms with Crippen LogP contribution in [0.2, 0.25) is 0 Å². The molecular weight excluding hydrogens is 402 g/mol. The maximum absolute atomic E-state index is 13.1. The molecule has 0 spiro atoms. The molecule has 0 aliphatic carbocycles. The first-order chi connectivity index (χ1) is 13.7. The van der Waals surface area contributed by atoms with Crippen molar-refractivity contribution < 1.29 is 22.0 Å². The van der Waals surface area contributed by atoms with Gasteiger partial charge in [-0.25, -0.2) is 22.0 Å². The maximum Gasteiger partial charge on any atom is 0.319 e. The molecule has 1 aromatic heterocycles. The highest BCUT2D eigenvalue weighted by Gasteiger charge is 2.49. The van der Waals surface area contributed by atoms with Gasteiger partial charge in [-0.3, -0.25) is 9.88 Å². The van der Waals surface area contributed by atoms with Gasteiger partial charge in [-0.15, -0.1) is 6.58 Å². The van der Waals surface area contributed by atoms with Crippen LogP contribution in [-0.2, 0) is 16.4 Å². The third-order valence-electron chi connectivity index (χ3n) is 4.36. The Morgan fingerprint density at radius 2 is 1.97 bits per heavy atom. The summed E-state index contributed by atoms with van der Waals surface area (Å²) in [4.78, 5) is 17.0. The number of urea groups is 1. The molecule has 1 atom stereocenters. The summed E-state index contributed by atoms with van der Waals surface area (Å²) in [6.45, 7) is 2.51. The molecule has 3 rings (SSSR count). The van der Waals surface area contributed by atoms with Gasteiger partial charge in [0.25, 0.3) is 5.92 Å². The van der Waals surface area contributed by atoms with Crippen molar-refractivity contribution >= 4 is 21.6 Å². The Labute approximate surface area is 167 Å². The molecule has 1 aliphatic rings. The van der Waals surface area contributed by atoms with Crippen molar-refractivity contribution in [3.05, 3.63) is 67.0 Å². The Kier molecular flexibility index (Phi) is 5.94. The highest BCUT2D eigenvalue weighted by atomic mass is 32.2. The van der Waals surface area contributed by atoms with Crippen LogP contribution in [0.3, 0.4) is 0 Å². The van der Waals surface area contributed by atoms with Crippen LogP contribution >= 0.6 is 0 Å². The van der Waals surface area contributed by atoms with Gasteiger partial charge in [0.05, 0.1) is 18.0 Å². The minimum atomic E-state index is -3.91. The number of nitrogens with one attached hydrogen (secondary N) is 2. The van der Waals surface area contributed by atoms with Crippen LogP contribution < -0.4 is 10.6 Å². The summed E-state index contributed by atoms with van der Waals surface area (Å²) < 4.78 is 51.7. The normalized spacial score (nSPS) is 17.0. The Hall–Kier alpha value is -2.85. The fourth-order valence-electron chi connectivity index (χ4n) is 2.93. The SMILES string of the molecule is C=CC(N1CC(F)(F)C1)S(=O)(=O)c1ccc(NC(=O)NCc2cccnc2)cc1. The average Bonchev–Trinajstić information content (AvgIpc) is 2.66. The zero-order valence-electron chi connectivity index (χ0n) is 15.4. The van der Waals surface area contributed by atoms with Crippen LogP contribution in [-0.4, -0.2) is 48.7 Å². The van der Waals surface area contributed by atoms with Gasteiger partial charge in [-0.1, -0.05) is 12.1 Å². The third-order valence-corrected chi connectivity index (χ3v) is 6.42. The molecule has 1 aromatic carbocycles. The first-order valence-electron chi connectivity index (χ1n) is 8.73. The Balaban J connectivity index is 1.61. The van der Waals surface area contributed by atoms with E-state index in [9.17, 15) is 22.0 Å². The fourth-order valence-corrected chi connectivity index (χ4v) is 4.52. The van der Waals surface area contributed by atoms with Crippen molar-refractivity contribution in [1.29, 1.82) is 0 Å². The number of amides is 2. The lowest BCUT2D eigenvalue weighted by molar-refractivity contribution is -0.130. The number of carbonyl (C=O) groups is 1. The number of sulfone groups is 1. The van der Waals surface area contributed by atoms with Crippen LogP contribution in [0.15, 0.2) is 66.3 Å². The zero-order chi connectivity index (χ0) is 21.1. The number of carbonyl (C=O) groups excluding carboxylic acids is 1. The van der Waals surface area contributed by atoms with Gasteiger partial charge in [0.1, 0.15) is 5.37 Å². The van der Waals surface area contributed by atoms with Crippen molar-refractivity contribution in [3.8, 4) is 0 Å². The minimum absolute atomic E-state index is 0.0427. The molecule has 10 heteroatoms. The number of alkyl halides is 2. The standard InChI is InChI=1S/C19H20F2N4O3S/c1-2-17(25-12-19(20,21)13-25)29(27,28)16-7-5-15(6-8-16)24-18(26)23-11-14-4-3-9-22-10-14/h2-10,17H,1,11-13H2,(H2,23,24,26). The van der Waals surface area contributed by atoms with Gasteiger partial charge in [-0.2, -0.15) is 0 Å². The van der Waals surface area contributed by atoms with E-state index in [4.69, 9.17) is 0 Å². The summed E-state index contributed by atoms with van der Waals surface area (Å²) in [7, 11) is -3.91. The van der Waals surface area contributed by atoms with E-state index in [0.29, 0.717) is 5.69 Å². The molecule has 7 nitrogen and oxygen atoms in total. The molecule has 1 aliphatic heterocycles. The van der Waals surface area contributed by atoms with E-state index in [2.05, 4.69) is 22.2 Å². The lowest BCUT2D eigenvalue weighted by Crippen LogP contribution is -2.61. The number of hydrogen-bond donors (Lipinski definition) is 2. The van der Waals surface area contributed by atoms with E-state index in [1.807, 2.05) is 6.07 Å². The molecule has 29 heavy (non-hydrogen) atoms. The first-order valence-corrected chi connectivity index (χ1v) is 10.3. The number of aromatic nitrogens is 1. The van der Waals surface area contributed by atoms with Crippen molar-refractivity contribution in [2.24, 2.45) is 0 Å². The summed E-state index contributed by atoms with van der Waals surface area (Å²) in [5, 5.41) is 4.02. The molecule has 2 N–H and O–H groups in total. The molecule has 2 heterocycles.